The summed E-state index contributed by atoms with van der Waals surface area (Å²) in [6.45, 7) is 3.19. The molecular weight excluding hydrogens is 432 g/mol. The van der Waals surface area contributed by atoms with Gasteiger partial charge in [-0.1, -0.05) is 23.7 Å². The molecule has 0 aromatic heterocycles. The van der Waals surface area contributed by atoms with E-state index in [0.717, 1.165) is 30.2 Å². The number of amidine groups is 1. The lowest BCUT2D eigenvalue weighted by atomic mass is 10.1. The highest BCUT2D eigenvalue weighted by Crippen LogP contribution is 2.39. The van der Waals surface area contributed by atoms with Crippen molar-refractivity contribution in [1.29, 1.82) is 0 Å². The highest BCUT2D eigenvalue weighted by Gasteiger charge is 2.28. The summed E-state index contributed by atoms with van der Waals surface area (Å²) in [6, 6.07) is 13.2. The van der Waals surface area contributed by atoms with Crippen LogP contribution >= 0.6 is 11.6 Å². The summed E-state index contributed by atoms with van der Waals surface area (Å²) in [5.41, 5.74) is 1.59. The van der Waals surface area contributed by atoms with Gasteiger partial charge in [-0.2, -0.15) is 0 Å². The molecule has 2 heterocycles. The van der Waals surface area contributed by atoms with Gasteiger partial charge >= 0.3 is 0 Å². The van der Waals surface area contributed by atoms with Gasteiger partial charge in [-0.25, -0.2) is 4.99 Å². The standard InChI is InChI=1S/C23H27ClN4O4/c24-16-5-6-21-19(13-16)27-23(18-3-1-2-4-20(18)32-21)28-9-7-25-17(15-28)14-22(30)26-8-11-31-12-10-29/h1-6,13,17,25,29H,7-12,14-15H2,(H,26,30)/t17-/m0/s1. The zero-order chi connectivity index (χ0) is 22.3. The first-order chi connectivity index (χ1) is 15.6. The summed E-state index contributed by atoms with van der Waals surface area (Å²) in [5, 5.41) is 15.6. The average molecular weight is 459 g/mol. The number of aliphatic imine (C=N–C) groups is 1. The molecule has 170 valence electrons. The van der Waals surface area contributed by atoms with Crippen LogP contribution in [-0.4, -0.2) is 73.8 Å². The number of piperazine rings is 1. The molecule has 0 bridgehead atoms. The number of ether oxygens (including phenoxy) is 2. The quantitative estimate of drug-likeness (QED) is 0.551. The SMILES string of the molecule is O=C(C[C@H]1CN(C2=Nc3cc(Cl)ccc3Oc3ccccc32)CCN1)NCCOCCO. The fourth-order valence-electron chi connectivity index (χ4n) is 3.82. The summed E-state index contributed by atoms with van der Waals surface area (Å²) in [4.78, 5) is 19.5. The van der Waals surface area contributed by atoms with Crippen molar-refractivity contribution in [3.05, 3.63) is 53.1 Å². The Morgan fingerprint density at radius 2 is 2.16 bits per heavy atom. The molecular formula is C23H27ClN4O4. The van der Waals surface area contributed by atoms with E-state index in [2.05, 4.69) is 15.5 Å². The van der Waals surface area contributed by atoms with Crippen molar-refractivity contribution >= 4 is 29.0 Å². The Bertz CT molecular complexity index is 984. The van der Waals surface area contributed by atoms with Crippen molar-refractivity contribution < 1.29 is 19.4 Å². The number of hydrogen-bond donors (Lipinski definition) is 3. The maximum atomic E-state index is 12.3. The van der Waals surface area contributed by atoms with Gasteiger partial charge in [-0.3, -0.25) is 4.79 Å². The number of halogens is 1. The number of amides is 1. The number of hydrogen-bond acceptors (Lipinski definition) is 7. The van der Waals surface area contributed by atoms with Gasteiger partial charge in [0, 0.05) is 43.7 Å². The van der Waals surface area contributed by atoms with Crippen LogP contribution in [-0.2, 0) is 9.53 Å². The van der Waals surface area contributed by atoms with Gasteiger partial charge < -0.3 is 30.1 Å². The molecule has 8 nitrogen and oxygen atoms in total. The number of nitrogens with zero attached hydrogens (tertiary/aromatic N) is 2. The van der Waals surface area contributed by atoms with Crippen LogP contribution < -0.4 is 15.4 Å². The van der Waals surface area contributed by atoms with Crippen LogP contribution in [0.1, 0.15) is 12.0 Å². The Hall–Kier alpha value is -2.65. The highest BCUT2D eigenvalue weighted by atomic mass is 35.5. The molecule has 32 heavy (non-hydrogen) atoms. The molecule has 2 aliphatic rings. The van der Waals surface area contributed by atoms with Gasteiger partial charge in [-0.15, -0.1) is 0 Å². The number of carbonyl (C=O) groups is 1. The number of para-hydroxylation sites is 1. The van der Waals surface area contributed by atoms with E-state index >= 15 is 0 Å². The molecule has 2 aliphatic heterocycles. The Morgan fingerprint density at radius 3 is 3.03 bits per heavy atom. The van der Waals surface area contributed by atoms with E-state index in [4.69, 9.17) is 31.2 Å². The second-order valence-electron chi connectivity index (χ2n) is 7.63. The van der Waals surface area contributed by atoms with Gasteiger partial charge in [0.15, 0.2) is 5.75 Å². The molecule has 1 atom stereocenters. The van der Waals surface area contributed by atoms with Gasteiger partial charge in [0.05, 0.1) is 25.4 Å². The number of nitrogens with one attached hydrogen (secondary N) is 2. The summed E-state index contributed by atoms with van der Waals surface area (Å²) in [5.74, 6) is 2.17. The van der Waals surface area contributed by atoms with Crippen LogP contribution in [0.15, 0.2) is 47.5 Å². The molecule has 1 fully saturated rings. The van der Waals surface area contributed by atoms with E-state index in [-0.39, 0.29) is 25.2 Å². The maximum Gasteiger partial charge on any atom is 0.221 e. The first-order valence-corrected chi connectivity index (χ1v) is 11.1. The molecule has 2 aromatic carbocycles. The molecule has 4 rings (SSSR count). The summed E-state index contributed by atoms with van der Waals surface area (Å²) < 4.78 is 11.3. The summed E-state index contributed by atoms with van der Waals surface area (Å²) in [6.07, 6.45) is 0.352. The summed E-state index contributed by atoms with van der Waals surface area (Å²) >= 11 is 6.21. The molecule has 0 spiro atoms. The number of aliphatic hydroxyl groups is 1. The third kappa shape index (κ3) is 5.58. The fraction of sp³-hybridized carbons (Fsp3) is 0.391. The van der Waals surface area contributed by atoms with Crippen molar-refractivity contribution in [2.45, 2.75) is 12.5 Å². The first kappa shape index (κ1) is 22.5. The van der Waals surface area contributed by atoms with E-state index in [1.165, 1.54) is 0 Å². The van der Waals surface area contributed by atoms with Gasteiger partial charge in [0.25, 0.3) is 0 Å². The predicted octanol–water partition coefficient (Wildman–Crippen LogP) is 2.31. The van der Waals surface area contributed by atoms with Crippen LogP contribution in [0.2, 0.25) is 5.02 Å². The summed E-state index contributed by atoms with van der Waals surface area (Å²) in [7, 11) is 0. The second kappa shape index (κ2) is 10.8. The molecule has 2 aromatic rings. The maximum absolute atomic E-state index is 12.3. The topological polar surface area (TPSA) is 95.4 Å². The number of fused-ring (bicyclic) bond motifs is 2. The third-order valence-corrected chi connectivity index (χ3v) is 5.52. The fourth-order valence-corrected chi connectivity index (χ4v) is 3.98. The number of rotatable bonds is 7. The van der Waals surface area contributed by atoms with Crippen molar-refractivity contribution in [3.63, 3.8) is 0 Å². The van der Waals surface area contributed by atoms with E-state index in [1.54, 1.807) is 12.1 Å². The van der Waals surface area contributed by atoms with Crippen molar-refractivity contribution in [3.8, 4) is 11.5 Å². The second-order valence-corrected chi connectivity index (χ2v) is 8.07. The lowest BCUT2D eigenvalue weighted by Gasteiger charge is -2.35. The van der Waals surface area contributed by atoms with Gasteiger partial charge in [0.2, 0.25) is 5.91 Å². The first-order valence-electron chi connectivity index (χ1n) is 10.7. The van der Waals surface area contributed by atoms with E-state index < -0.39 is 0 Å². The zero-order valence-electron chi connectivity index (χ0n) is 17.7. The molecule has 9 heteroatoms. The number of benzene rings is 2. The smallest absolute Gasteiger partial charge is 0.221 e. The average Bonchev–Trinajstić information content (AvgIpc) is 2.95. The molecule has 0 aliphatic carbocycles. The van der Waals surface area contributed by atoms with Crippen molar-refractivity contribution in [2.24, 2.45) is 4.99 Å². The normalized spacial score (nSPS) is 17.5. The Morgan fingerprint density at radius 1 is 1.28 bits per heavy atom. The van der Waals surface area contributed by atoms with E-state index in [9.17, 15) is 4.79 Å². The molecule has 0 unspecified atom stereocenters. The van der Waals surface area contributed by atoms with Crippen LogP contribution in [0.25, 0.3) is 0 Å². The van der Waals surface area contributed by atoms with Gasteiger partial charge in [0.1, 0.15) is 17.3 Å². The van der Waals surface area contributed by atoms with Gasteiger partial charge in [-0.05, 0) is 30.3 Å². The lowest BCUT2D eigenvalue weighted by Crippen LogP contribution is -2.54. The molecule has 0 saturated carbocycles. The number of carbonyl (C=O) groups excluding carboxylic acids is 1. The monoisotopic (exact) mass is 458 g/mol. The minimum Gasteiger partial charge on any atom is -0.454 e. The minimum absolute atomic E-state index is 0.0139. The lowest BCUT2D eigenvalue weighted by molar-refractivity contribution is -0.122. The Balaban J connectivity index is 1.47. The molecule has 0 radical (unpaired) electrons. The Labute approximate surface area is 192 Å². The molecule has 3 N–H and O–H groups in total. The zero-order valence-corrected chi connectivity index (χ0v) is 18.5. The van der Waals surface area contributed by atoms with Crippen LogP contribution in [0, 0.1) is 0 Å². The van der Waals surface area contributed by atoms with E-state index in [1.807, 2.05) is 30.3 Å². The van der Waals surface area contributed by atoms with Crippen LogP contribution in [0.3, 0.4) is 0 Å². The highest BCUT2D eigenvalue weighted by molar-refractivity contribution is 6.31. The van der Waals surface area contributed by atoms with E-state index in [0.29, 0.717) is 42.6 Å². The largest absolute Gasteiger partial charge is 0.454 e. The van der Waals surface area contributed by atoms with Crippen molar-refractivity contribution in [2.75, 3.05) is 46.0 Å². The van der Waals surface area contributed by atoms with Crippen LogP contribution in [0.4, 0.5) is 5.69 Å². The molecule has 1 saturated heterocycles. The van der Waals surface area contributed by atoms with Crippen LogP contribution in [0.5, 0.6) is 11.5 Å². The minimum atomic E-state index is -0.0411. The van der Waals surface area contributed by atoms with Crippen molar-refractivity contribution in [1.82, 2.24) is 15.5 Å². The third-order valence-electron chi connectivity index (χ3n) is 5.29. The predicted molar refractivity (Wildman–Crippen MR) is 123 cm³/mol. The number of aliphatic hydroxyl groups excluding tert-OH is 1. The molecule has 1 amide bonds. The Kier molecular flexibility index (Phi) is 7.59.